The Morgan fingerprint density at radius 3 is 2.14 bits per heavy atom. The fraction of sp³-hybridized carbons (Fsp3) is 0.333. The molecule has 36 heavy (non-hydrogen) atoms. The molecule has 1 aliphatic heterocycles. The molecule has 1 aliphatic rings. The molecule has 1 atom stereocenters. The summed E-state index contributed by atoms with van der Waals surface area (Å²) in [6.45, 7) is 5.29. The predicted octanol–water partition coefficient (Wildman–Crippen LogP) is 4.56. The lowest BCUT2D eigenvalue weighted by atomic mass is 10.0. The summed E-state index contributed by atoms with van der Waals surface area (Å²) < 4.78 is 11.3. The van der Waals surface area contributed by atoms with Gasteiger partial charge in [-0.15, -0.1) is 0 Å². The van der Waals surface area contributed by atoms with Gasteiger partial charge in [0.15, 0.2) is 11.5 Å². The van der Waals surface area contributed by atoms with Crippen LogP contribution in [0.3, 0.4) is 0 Å². The van der Waals surface area contributed by atoms with Crippen LogP contribution >= 0.6 is 0 Å². The largest absolute Gasteiger partial charge is 0.486 e. The number of benzene rings is 3. The minimum atomic E-state index is -0.622. The van der Waals surface area contributed by atoms with Gasteiger partial charge in [0.2, 0.25) is 11.8 Å². The summed E-state index contributed by atoms with van der Waals surface area (Å²) in [5.74, 6) is 1.24. The number of hydrogen-bond donors (Lipinski definition) is 1. The molecule has 0 bridgehead atoms. The third-order valence-corrected chi connectivity index (χ3v) is 6.13. The zero-order chi connectivity index (χ0) is 25.3. The second-order valence-electron chi connectivity index (χ2n) is 9.35. The predicted molar refractivity (Wildman–Crippen MR) is 140 cm³/mol. The van der Waals surface area contributed by atoms with Gasteiger partial charge in [-0.3, -0.25) is 9.59 Å². The first kappa shape index (κ1) is 25.3. The van der Waals surface area contributed by atoms with Crippen molar-refractivity contribution in [2.24, 2.45) is 0 Å². The average Bonchev–Trinajstić information content (AvgIpc) is 2.90. The highest BCUT2D eigenvalue weighted by Crippen LogP contribution is 2.31. The Bertz CT molecular complexity index is 1150. The number of ether oxygens (including phenoxy) is 2. The van der Waals surface area contributed by atoms with Crippen molar-refractivity contribution in [3.8, 4) is 11.5 Å². The minimum absolute atomic E-state index is 0.0258. The van der Waals surface area contributed by atoms with E-state index in [4.69, 9.17) is 9.47 Å². The minimum Gasteiger partial charge on any atom is -0.486 e. The third-order valence-electron chi connectivity index (χ3n) is 6.13. The number of amides is 2. The van der Waals surface area contributed by atoms with Gasteiger partial charge in [0, 0.05) is 25.4 Å². The summed E-state index contributed by atoms with van der Waals surface area (Å²) in [7, 11) is 0. The van der Waals surface area contributed by atoms with Crippen LogP contribution in [0.1, 0.15) is 37.0 Å². The van der Waals surface area contributed by atoms with Crippen molar-refractivity contribution in [2.45, 2.75) is 51.7 Å². The van der Waals surface area contributed by atoms with Gasteiger partial charge in [0.05, 0.1) is 0 Å². The molecule has 0 saturated heterocycles. The highest BCUT2D eigenvalue weighted by Gasteiger charge is 2.30. The van der Waals surface area contributed by atoms with E-state index in [0.29, 0.717) is 38.3 Å². The van der Waals surface area contributed by atoms with Crippen LogP contribution in [-0.2, 0) is 29.0 Å². The second kappa shape index (κ2) is 12.2. The molecule has 4 rings (SSSR count). The van der Waals surface area contributed by atoms with Crippen molar-refractivity contribution >= 4 is 11.8 Å². The van der Waals surface area contributed by atoms with E-state index in [0.717, 1.165) is 22.4 Å². The fourth-order valence-electron chi connectivity index (χ4n) is 4.35. The molecule has 0 spiro atoms. The number of nitrogens with zero attached hydrogens (tertiary/aromatic N) is 1. The Hall–Kier alpha value is -3.80. The van der Waals surface area contributed by atoms with Crippen molar-refractivity contribution in [2.75, 3.05) is 13.2 Å². The molecule has 3 aromatic rings. The van der Waals surface area contributed by atoms with Gasteiger partial charge in [-0.05, 0) is 49.1 Å². The van der Waals surface area contributed by atoms with Crippen molar-refractivity contribution in [3.63, 3.8) is 0 Å². The number of hydrogen-bond acceptors (Lipinski definition) is 4. The topological polar surface area (TPSA) is 67.9 Å². The van der Waals surface area contributed by atoms with Gasteiger partial charge >= 0.3 is 0 Å². The number of rotatable bonds is 10. The molecule has 0 aliphatic carbocycles. The first-order valence-corrected chi connectivity index (χ1v) is 12.6. The van der Waals surface area contributed by atoms with Crippen molar-refractivity contribution in [1.82, 2.24) is 10.2 Å². The molecule has 188 valence electrons. The molecule has 1 unspecified atom stereocenters. The average molecular weight is 487 g/mol. The normalized spacial score (nSPS) is 13.2. The Balaban J connectivity index is 1.57. The van der Waals surface area contributed by atoms with Crippen LogP contribution in [0.2, 0.25) is 0 Å². The number of fused-ring (bicyclic) bond motifs is 1. The molecule has 3 aromatic carbocycles. The van der Waals surface area contributed by atoms with Gasteiger partial charge in [-0.2, -0.15) is 0 Å². The standard InChI is InChI=1S/C30H34N2O4/c1-22(2)31-30(34)26(19-23-9-5-3-6-10-23)32(21-25-11-7-4-8-12-25)29(33)16-14-24-13-15-27-28(20-24)36-18-17-35-27/h3-13,15,20,22,26H,14,16-19,21H2,1-2H3,(H,31,34). The monoisotopic (exact) mass is 486 g/mol. The van der Waals surface area contributed by atoms with E-state index in [2.05, 4.69) is 5.32 Å². The maximum absolute atomic E-state index is 13.7. The molecule has 0 saturated carbocycles. The Morgan fingerprint density at radius 1 is 0.833 bits per heavy atom. The van der Waals surface area contributed by atoms with E-state index >= 15 is 0 Å². The van der Waals surface area contributed by atoms with E-state index in [-0.39, 0.29) is 24.3 Å². The number of aryl methyl sites for hydroxylation is 1. The number of carbonyl (C=O) groups excluding carboxylic acids is 2. The zero-order valence-corrected chi connectivity index (χ0v) is 21.0. The van der Waals surface area contributed by atoms with Gasteiger partial charge in [-0.25, -0.2) is 0 Å². The van der Waals surface area contributed by atoms with Crippen LogP contribution < -0.4 is 14.8 Å². The summed E-state index contributed by atoms with van der Waals surface area (Å²) in [5, 5.41) is 3.03. The van der Waals surface area contributed by atoms with Gasteiger partial charge in [-0.1, -0.05) is 66.7 Å². The number of nitrogens with one attached hydrogen (secondary N) is 1. The smallest absolute Gasteiger partial charge is 0.243 e. The summed E-state index contributed by atoms with van der Waals surface area (Å²) >= 11 is 0. The maximum Gasteiger partial charge on any atom is 0.243 e. The first-order valence-electron chi connectivity index (χ1n) is 12.6. The first-order chi connectivity index (χ1) is 17.5. The van der Waals surface area contributed by atoms with Gasteiger partial charge in [0.25, 0.3) is 0 Å². The Morgan fingerprint density at radius 2 is 1.47 bits per heavy atom. The highest BCUT2D eigenvalue weighted by molar-refractivity contribution is 5.88. The van der Waals surface area contributed by atoms with Crippen LogP contribution in [0.5, 0.6) is 11.5 Å². The van der Waals surface area contributed by atoms with E-state index in [1.54, 1.807) is 4.90 Å². The molecular weight excluding hydrogens is 452 g/mol. The zero-order valence-electron chi connectivity index (χ0n) is 21.0. The van der Waals surface area contributed by atoms with Gasteiger partial charge < -0.3 is 19.7 Å². The van der Waals surface area contributed by atoms with Crippen LogP contribution in [0.25, 0.3) is 0 Å². The Kier molecular flexibility index (Phi) is 8.61. The van der Waals surface area contributed by atoms with E-state index in [1.807, 2.05) is 92.7 Å². The molecule has 6 heteroatoms. The van der Waals surface area contributed by atoms with E-state index in [9.17, 15) is 9.59 Å². The van der Waals surface area contributed by atoms with E-state index in [1.165, 1.54) is 0 Å². The van der Waals surface area contributed by atoms with Crippen LogP contribution in [0.15, 0.2) is 78.9 Å². The third kappa shape index (κ3) is 6.87. The molecule has 1 N–H and O–H groups in total. The highest BCUT2D eigenvalue weighted by atomic mass is 16.6. The van der Waals surface area contributed by atoms with Crippen LogP contribution in [0, 0.1) is 0 Å². The van der Waals surface area contributed by atoms with Crippen molar-refractivity contribution in [1.29, 1.82) is 0 Å². The Labute approximate surface area is 213 Å². The summed E-state index contributed by atoms with van der Waals surface area (Å²) in [6, 6.07) is 24.8. The molecule has 1 heterocycles. The molecule has 0 aromatic heterocycles. The van der Waals surface area contributed by atoms with Crippen LogP contribution in [-0.4, -0.2) is 42.0 Å². The van der Waals surface area contributed by atoms with Crippen LogP contribution in [0.4, 0.5) is 0 Å². The quantitative estimate of drug-likeness (QED) is 0.456. The second-order valence-corrected chi connectivity index (χ2v) is 9.35. The lowest BCUT2D eigenvalue weighted by Crippen LogP contribution is -2.51. The van der Waals surface area contributed by atoms with Crippen molar-refractivity contribution < 1.29 is 19.1 Å². The summed E-state index contributed by atoms with van der Waals surface area (Å²) in [5.41, 5.74) is 3.00. The molecule has 0 fully saturated rings. The van der Waals surface area contributed by atoms with E-state index < -0.39 is 6.04 Å². The molecule has 0 radical (unpaired) electrons. The van der Waals surface area contributed by atoms with Crippen molar-refractivity contribution in [3.05, 3.63) is 95.6 Å². The number of carbonyl (C=O) groups is 2. The lowest BCUT2D eigenvalue weighted by molar-refractivity contribution is -0.141. The molecular formula is C30H34N2O4. The summed E-state index contributed by atoms with van der Waals surface area (Å²) in [4.78, 5) is 28.8. The lowest BCUT2D eigenvalue weighted by Gasteiger charge is -2.32. The van der Waals surface area contributed by atoms with Gasteiger partial charge in [0.1, 0.15) is 19.3 Å². The molecule has 6 nitrogen and oxygen atoms in total. The summed E-state index contributed by atoms with van der Waals surface area (Å²) in [6.07, 6.45) is 1.28. The molecule has 2 amide bonds. The maximum atomic E-state index is 13.7. The fourth-order valence-corrected chi connectivity index (χ4v) is 4.35. The SMILES string of the molecule is CC(C)NC(=O)C(Cc1ccccc1)N(Cc1ccccc1)C(=O)CCc1ccc2c(c1)OCCO2.